The molecular weight excluding hydrogens is 276 g/mol. The van der Waals surface area contributed by atoms with E-state index < -0.39 is 24.1 Å². The van der Waals surface area contributed by atoms with Crippen LogP contribution in [0, 0.1) is 17.3 Å². The first-order valence-corrected chi connectivity index (χ1v) is 7.15. The zero-order chi connectivity index (χ0) is 15.0. The average Bonchev–Trinajstić information content (AvgIpc) is 3.00. The Bertz CT molecular complexity index is 591. The summed E-state index contributed by atoms with van der Waals surface area (Å²) in [5.74, 6) is -0.943. The molecule has 5 unspecified atom stereocenters. The normalized spacial score (nSPS) is 44.0. The van der Waals surface area contributed by atoms with Crippen molar-refractivity contribution in [1.82, 2.24) is 0 Å². The standard InChI is InChI=1S/C15H16O6/c1-7(2)12(17)19-5-10(16)20-11-8-3-9-14(4-8)6-15(9,11)21-13(14)18/h8-9,11H,1,3-6H2,2H3. The zero-order valence-corrected chi connectivity index (χ0v) is 11.7. The van der Waals surface area contributed by atoms with Crippen LogP contribution in [-0.2, 0) is 28.6 Å². The third-order valence-electron chi connectivity index (χ3n) is 5.54. The molecule has 6 nitrogen and oxygen atoms in total. The fourth-order valence-corrected chi connectivity index (χ4v) is 4.85. The van der Waals surface area contributed by atoms with Gasteiger partial charge in [0, 0.05) is 23.8 Å². The Morgan fingerprint density at radius 3 is 2.95 bits per heavy atom. The summed E-state index contributed by atoms with van der Waals surface area (Å²) in [4.78, 5) is 35.0. The predicted octanol–water partition coefficient (Wildman–Crippen LogP) is 0.743. The number of rotatable bonds is 4. The minimum Gasteiger partial charge on any atom is -0.455 e. The lowest BCUT2D eigenvalue weighted by molar-refractivity contribution is -0.194. The second-order valence-electron chi connectivity index (χ2n) is 6.70. The second kappa shape index (κ2) is 3.67. The highest BCUT2D eigenvalue weighted by Gasteiger charge is 2.88. The van der Waals surface area contributed by atoms with Gasteiger partial charge < -0.3 is 14.2 Å². The van der Waals surface area contributed by atoms with E-state index in [0.717, 1.165) is 12.8 Å². The Morgan fingerprint density at radius 2 is 2.24 bits per heavy atom. The highest BCUT2D eigenvalue weighted by atomic mass is 16.6. The molecule has 112 valence electrons. The summed E-state index contributed by atoms with van der Waals surface area (Å²) in [6.07, 6.45) is 1.92. The molecule has 0 aromatic carbocycles. The van der Waals surface area contributed by atoms with Gasteiger partial charge in [-0.05, 0) is 19.8 Å². The summed E-state index contributed by atoms with van der Waals surface area (Å²) in [5, 5.41) is 0. The maximum atomic E-state index is 11.9. The van der Waals surface area contributed by atoms with E-state index in [1.807, 2.05) is 0 Å². The summed E-state index contributed by atoms with van der Waals surface area (Å²) in [5.41, 5.74) is -0.636. The number of carbonyl (C=O) groups excluding carboxylic acids is 3. The minimum atomic E-state index is -0.618. The first-order valence-electron chi connectivity index (χ1n) is 7.15. The van der Waals surface area contributed by atoms with Crippen molar-refractivity contribution in [2.75, 3.05) is 6.61 Å². The SMILES string of the molecule is C=C(C)C(=O)OCC(=O)OC1C2CC3C4(C2)CC13OC4=O. The van der Waals surface area contributed by atoms with Crippen LogP contribution in [0.2, 0.25) is 0 Å². The monoisotopic (exact) mass is 292 g/mol. The van der Waals surface area contributed by atoms with Crippen LogP contribution in [0.3, 0.4) is 0 Å². The van der Waals surface area contributed by atoms with Crippen molar-refractivity contribution in [3.05, 3.63) is 12.2 Å². The maximum absolute atomic E-state index is 11.9. The van der Waals surface area contributed by atoms with Crippen LogP contribution in [-0.4, -0.2) is 36.2 Å². The molecule has 21 heavy (non-hydrogen) atoms. The van der Waals surface area contributed by atoms with Gasteiger partial charge in [-0.3, -0.25) is 4.79 Å². The third kappa shape index (κ3) is 1.35. The molecule has 2 heterocycles. The Hall–Kier alpha value is -1.85. The molecule has 6 heteroatoms. The zero-order valence-electron chi connectivity index (χ0n) is 11.7. The minimum absolute atomic E-state index is 0.123. The van der Waals surface area contributed by atoms with Crippen LogP contribution in [0.25, 0.3) is 0 Å². The van der Waals surface area contributed by atoms with E-state index in [1.165, 1.54) is 6.92 Å². The van der Waals surface area contributed by atoms with Gasteiger partial charge in [-0.2, -0.15) is 0 Å². The first kappa shape index (κ1) is 12.9. The molecule has 5 aliphatic rings. The molecule has 0 N–H and O–H groups in total. The van der Waals surface area contributed by atoms with Crippen molar-refractivity contribution in [1.29, 1.82) is 0 Å². The predicted molar refractivity (Wildman–Crippen MR) is 67.7 cm³/mol. The topological polar surface area (TPSA) is 78.9 Å². The molecule has 4 bridgehead atoms. The van der Waals surface area contributed by atoms with Gasteiger partial charge in [-0.1, -0.05) is 6.58 Å². The Kier molecular flexibility index (Phi) is 2.25. The molecule has 5 fully saturated rings. The fourth-order valence-electron chi connectivity index (χ4n) is 4.85. The fraction of sp³-hybridized carbons (Fsp3) is 0.667. The van der Waals surface area contributed by atoms with Crippen LogP contribution in [0.4, 0.5) is 0 Å². The van der Waals surface area contributed by atoms with Crippen LogP contribution >= 0.6 is 0 Å². The van der Waals surface area contributed by atoms with E-state index in [4.69, 9.17) is 14.2 Å². The number of ether oxygens (including phenoxy) is 3. The van der Waals surface area contributed by atoms with Crippen molar-refractivity contribution >= 4 is 17.9 Å². The van der Waals surface area contributed by atoms with E-state index in [2.05, 4.69) is 6.58 Å². The molecule has 0 aromatic heterocycles. The second-order valence-corrected chi connectivity index (χ2v) is 6.70. The number of fused-ring (bicyclic) bond motifs is 2. The molecule has 2 aliphatic heterocycles. The smallest absolute Gasteiger partial charge is 0.344 e. The number of esters is 3. The molecule has 3 saturated carbocycles. The Morgan fingerprint density at radius 1 is 1.48 bits per heavy atom. The number of hydrogen-bond donors (Lipinski definition) is 0. The van der Waals surface area contributed by atoms with Crippen LogP contribution in [0.15, 0.2) is 12.2 Å². The largest absolute Gasteiger partial charge is 0.455 e. The van der Waals surface area contributed by atoms with Gasteiger partial charge in [0.05, 0.1) is 5.41 Å². The van der Waals surface area contributed by atoms with Gasteiger partial charge in [0.25, 0.3) is 0 Å². The summed E-state index contributed by atoms with van der Waals surface area (Å²) < 4.78 is 15.8. The van der Waals surface area contributed by atoms with Crippen LogP contribution < -0.4 is 0 Å². The van der Waals surface area contributed by atoms with Gasteiger partial charge in [0.15, 0.2) is 12.2 Å². The molecule has 2 saturated heterocycles. The molecule has 0 amide bonds. The molecule has 3 aliphatic carbocycles. The molecule has 0 radical (unpaired) electrons. The Balaban J connectivity index is 1.41. The molecular formula is C15H16O6. The molecule has 2 spiro atoms. The lowest BCUT2D eigenvalue weighted by atomic mass is 9.52. The van der Waals surface area contributed by atoms with Crippen molar-refractivity contribution in [3.8, 4) is 0 Å². The summed E-state index contributed by atoms with van der Waals surface area (Å²) in [7, 11) is 0. The van der Waals surface area contributed by atoms with Gasteiger partial charge in [0.2, 0.25) is 0 Å². The molecule has 5 atom stereocenters. The molecule has 0 aromatic rings. The number of carbonyl (C=O) groups is 3. The van der Waals surface area contributed by atoms with E-state index in [-0.39, 0.29) is 34.9 Å². The van der Waals surface area contributed by atoms with Gasteiger partial charge in [-0.15, -0.1) is 0 Å². The van der Waals surface area contributed by atoms with Crippen molar-refractivity contribution < 1.29 is 28.6 Å². The highest BCUT2D eigenvalue weighted by molar-refractivity contribution is 5.89. The summed E-state index contributed by atoms with van der Waals surface area (Å²) in [6.45, 7) is 4.51. The summed E-state index contributed by atoms with van der Waals surface area (Å²) in [6, 6.07) is 0. The van der Waals surface area contributed by atoms with E-state index in [9.17, 15) is 14.4 Å². The lowest BCUT2D eigenvalue weighted by Gasteiger charge is -2.50. The van der Waals surface area contributed by atoms with Crippen molar-refractivity contribution in [2.45, 2.75) is 37.9 Å². The first-order chi connectivity index (χ1) is 9.89. The van der Waals surface area contributed by atoms with Gasteiger partial charge in [-0.25, -0.2) is 9.59 Å². The Labute approximate surface area is 121 Å². The van der Waals surface area contributed by atoms with Gasteiger partial charge >= 0.3 is 17.9 Å². The van der Waals surface area contributed by atoms with Crippen molar-refractivity contribution in [2.24, 2.45) is 17.3 Å². The molecule has 5 rings (SSSR count). The van der Waals surface area contributed by atoms with E-state index in [0.29, 0.717) is 6.42 Å². The van der Waals surface area contributed by atoms with E-state index in [1.54, 1.807) is 0 Å². The van der Waals surface area contributed by atoms with Crippen LogP contribution in [0.5, 0.6) is 0 Å². The van der Waals surface area contributed by atoms with Crippen LogP contribution in [0.1, 0.15) is 26.2 Å². The summed E-state index contributed by atoms with van der Waals surface area (Å²) >= 11 is 0. The third-order valence-corrected chi connectivity index (χ3v) is 5.54. The quantitative estimate of drug-likeness (QED) is 0.432. The average molecular weight is 292 g/mol. The number of hydrogen-bond acceptors (Lipinski definition) is 6. The highest BCUT2D eigenvalue weighted by Crippen LogP contribution is 2.79. The van der Waals surface area contributed by atoms with E-state index >= 15 is 0 Å². The maximum Gasteiger partial charge on any atom is 0.344 e. The van der Waals surface area contributed by atoms with Gasteiger partial charge in [0.1, 0.15) is 6.10 Å². The van der Waals surface area contributed by atoms with Crippen molar-refractivity contribution in [3.63, 3.8) is 0 Å². The lowest BCUT2D eigenvalue weighted by Crippen LogP contribution is -2.61.